The molecule has 2 aromatic rings. The van der Waals surface area contributed by atoms with Gasteiger partial charge in [-0.05, 0) is 49.2 Å². The van der Waals surface area contributed by atoms with Crippen LogP contribution in [0.5, 0.6) is 0 Å². The fourth-order valence-corrected chi connectivity index (χ4v) is 2.88. The highest BCUT2D eigenvalue weighted by Gasteiger charge is 2.18. The Labute approximate surface area is 135 Å². The molecular weight excluding hydrogens is 293 g/mol. The van der Waals surface area contributed by atoms with E-state index in [4.69, 9.17) is 0 Å². The zero-order valence-corrected chi connectivity index (χ0v) is 12.9. The fraction of sp³-hybridized carbons (Fsp3) is 0.333. The van der Waals surface area contributed by atoms with Crippen molar-refractivity contribution in [3.63, 3.8) is 0 Å². The molecule has 1 amide bonds. The number of nitrogens with zero attached hydrogens (tertiary/aromatic N) is 1. The van der Waals surface area contributed by atoms with Gasteiger partial charge < -0.3 is 10.6 Å². The third-order valence-corrected chi connectivity index (χ3v) is 4.10. The lowest BCUT2D eigenvalue weighted by atomic mass is 9.95. The molecule has 0 bridgehead atoms. The van der Waals surface area contributed by atoms with Gasteiger partial charge in [-0.25, -0.2) is 9.37 Å². The second kappa shape index (κ2) is 7.22. The van der Waals surface area contributed by atoms with Crippen LogP contribution < -0.4 is 10.6 Å². The van der Waals surface area contributed by atoms with Crippen LogP contribution in [0.25, 0.3) is 0 Å². The minimum Gasteiger partial charge on any atom is -0.367 e. The minimum atomic E-state index is -0.330. The van der Waals surface area contributed by atoms with Crippen molar-refractivity contribution in [1.82, 2.24) is 4.98 Å². The van der Waals surface area contributed by atoms with Gasteiger partial charge in [0.1, 0.15) is 11.6 Å². The summed E-state index contributed by atoms with van der Waals surface area (Å²) in [5.74, 6) is 0.0334. The van der Waals surface area contributed by atoms with E-state index in [2.05, 4.69) is 15.6 Å². The summed E-state index contributed by atoms with van der Waals surface area (Å²) < 4.78 is 12.9. The molecule has 3 rings (SSSR count). The van der Waals surface area contributed by atoms with E-state index in [1.807, 2.05) is 0 Å². The van der Waals surface area contributed by atoms with Crippen LogP contribution in [-0.2, 0) is 0 Å². The van der Waals surface area contributed by atoms with Gasteiger partial charge >= 0.3 is 0 Å². The normalized spacial score (nSPS) is 15.2. The lowest BCUT2D eigenvalue weighted by Crippen LogP contribution is -2.25. The number of anilines is 2. The van der Waals surface area contributed by atoms with E-state index in [1.165, 1.54) is 43.5 Å². The number of nitrogens with one attached hydrogen (secondary N) is 2. The largest absolute Gasteiger partial charge is 0.367 e. The molecule has 0 aliphatic heterocycles. The highest BCUT2D eigenvalue weighted by Crippen LogP contribution is 2.23. The zero-order chi connectivity index (χ0) is 16.1. The Bertz CT molecular complexity index is 666. The summed E-state index contributed by atoms with van der Waals surface area (Å²) in [5.41, 5.74) is 1.06. The zero-order valence-electron chi connectivity index (χ0n) is 12.9. The number of amides is 1. The van der Waals surface area contributed by atoms with Crippen molar-refractivity contribution in [2.24, 2.45) is 0 Å². The molecule has 1 heterocycles. The van der Waals surface area contributed by atoms with Crippen LogP contribution in [0, 0.1) is 5.82 Å². The molecule has 1 aliphatic rings. The first-order valence-corrected chi connectivity index (χ1v) is 8.01. The standard InChI is InChI=1S/C18H20FN3O/c19-13-8-10-15(11-9-13)22-18(23)16-7-4-12-20-17(16)21-14-5-2-1-3-6-14/h4,7-12,14H,1-3,5-6H2,(H,20,21)(H,22,23). The van der Waals surface area contributed by atoms with Crippen molar-refractivity contribution in [1.29, 1.82) is 0 Å². The lowest BCUT2D eigenvalue weighted by Gasteiger charge is -2.24. The van der Waals surface area contributed by atoms with Crippen LogP contribution >= 0.6 is 0 Å². The van der Waals surface area contributed by atoms with Gasteiger partial charge in [0.15, 0.2) is 0 Å². The van der Waals surface area contributed by atoms with Gasteiger partial charge in [0.2, 0.25) is 0 Å². The Morgan fingerprint density at radius 2 is 1.83 bits per heavy atom. The number of benzene rings is 1. The number of aromatic nitrogens is 1. The van der Waals surface area contributed by atoms with Gasteiger partial charge in [0.05, 0.1) is 5.56 Å². The summed E-state index contributed by atoms with van der Waals surface area (Å²) in [4.78, 5) is 16.8. The Kier molecular flexibility index (Phi) is 4.86. The van der Waals surface area contributed by atoms with Crippen LogP contribution in [-0.4, -0.2) is 16.9 Å². The second-order valence-electron chi connectivity index (χ2n) is 5.84. The van der Waals surface area contributed by atoms with Crippen molar-refractivity contribution >= 4 is 17.4 Å². The number of carbonyl (C=O) groups is 1. The van der Waals surface area contributed by atoms with Crippen molar-refractivity contribution in [2.75, 3.05) is 10.6 Å². The molecule has 0 saturated heterocycles. The lowest BCUT2D eigenvalue weighted by molar-refractivity contribution is 0.102. The number of halogens is 1. The van der Waals surface area contributed by atoms with E-state index in [1.54, 1.807) is 18.3 Å². The third-order valence-electron chi connectivity index (χ3n) is 4.10. The maximum absolute atomic E-state index is 12.9. The predicted octanol–water partition coefficient (Wildman–Crippen LogP) is 4.22. The van der Waals surface area contributed by atoms with Crippen molar-refractivity contribution in [3.05, 3.63) is 54.0 Å². The molecule has 1 aromatic carbocycles. The Balaban J connectivity index is 1.73. The number of hydrogen-bond donors (Lipinski definition) is 2. The first-order chi connectivity index (χ1) is 11.2. The van der Waals surface area contributed by atoms with Crippen molar-refractivity contribution < 1.29 is 9.18 Å². The molecule has 0 atom stereocenters. The van der Waals surface area contributed by atoms with Crippen molar-refractivity contribution in [2.45, 2.75) is 38.1 Å². The van der Waals surface area contributed by atoms with E-state index in [0.717, 1.165) is 12.8 Å². The van der Waals surface area contributed by atoms with Gasteiger partial charge in [-0.1, -0.05) is 19.3 Å². The molecule has 1 fully saturated rings. The quantitative estimate of drug-likeness (QED) is 0.888. The molecule has 1 aliphatic carbocycles. The van der Waals surface area contributed by atoms with E-state index in [-0.39, 0.29) is 11.7 Å². The number of pyridine rings is 1. The first-order valence-electron chi connectivity index (χ1n) is 8.01. The van der Waals surface area contributed by atoms with E-state index < -0.39 is 0 Å². The Morgan fingerprint density at radius 3 is 2.57 bits per heavy atom. The molecule has 0 spiro atoms. The minimum absolute atomic E-state index is 0.247. The third kappa shape index (κ3) is 4.06. The Morgan fingerprint density at radius 1 is 1.09 bits per heavy atom. The molecule has 23 heavy (non-hydrogen) atoms. The molecule has 0 unspecified atom stereocenters. The van der Waals surface area contributed by atoms with Gasteiger partial charge in [-0.3, -0.25) is 4.79 Å². The van der Waals surface area contributed by atoms with Crippen LogP contribution in [0.2, 0.25) is 0 Å². The fourth-order valence-electron chi connectivity index (χ4n) is 2.88. The topological polar surface area (TPSA) is 54.0 Å². The summed E-state index contributed by atoms with van der Waals surface area (Å²) in [6, 6.07) is 9.58. The number of carbonyl (C=O) groups excluding carboxylic acids is 1. The van der Waals surface area contributed by atoms with Gasteiger partial charge in [-0.2, -0.15) is 0 Å². The average Bonchev–Trinajstić information content (AvgIpc) is 2.58. The second-order valence-corrected chi connectivity index (χ2v) is 5.84. The molecule has 120 valence electrons. The van der Waals surface area contributed by atoms with Crippen LogP contribution in [0.3, 0.4) is 0 Å². The smallest absolute Gasteiger partial charge is 0.259 e. The SMILES string of the molecule is O=C(Nc1ccc(F)cc1)c1cccnc1NC1CCCCC1. The highest BCUT2D eigenvalue weighted by molar-refractivity contribution is 6.07. The molecule has 0 radical (unpaired) electrons. The monoisotopic (exact) mass is 313 g/mol. The molecular formula is C18H20FN3O. The van der Waals surface area contributed by atoms with E-state index >= 15 is 0 Å². The highest BCUT2D eigenvalue weighted by atomic mass is 19.1. The maximum atomic E-state index is 12.9. The van der Waals surface area contributed by atoms with Gasteiger partial charge in [-0.15, -0.1) is 0 Å². The predicted molar refractivity (Wildman–Crippen MR) is 89.1 cm³/mol. The van der Waals surface area contributed by atoms with Gasteiger partial charge in [0.25, 0.3) is 5.91 Å². The Hall–Kier alpha value is -2.43. The summed E-state index contributed by atoms with van der Waals surface area (Å²) in [5, 5.41) is 6.17. The summed E-state index contributed by atoms with van der Waals surface area (Å²) in [6.45, 7) is 0. The summed E-state index contributed by atoms with van der Waals surface area (Å²) in [7, 11) is 0. The van der Waals surface area contributed by atoms with E-state index in [0.29, 0.717) is 23.1 Å². The summed E-state index contributed by atoms with van der Waals surface area (Å²) >= 11 is 0. The van der Waals surface area contributed by atoms with Crippen LogP contribution in [0.4, 0.5) is 15.9 Å². The summed E-state index contributed by atoms with van der Waals surface area (Å²) in [6.07, 6.45) is 7.59. The van der Waals surface area contributed by atoms with Gasteiger partial charge in [0, 0.05) is 17.9 Å². The number of hydrogen-bond acceptors (Lipinski definition) is 3. The first kappa shape index (κ1) is 15.5. The van der Waals surface area contributed by atoms with Crippen LogP contribution in [0.1, 0.15) is 42.5 Å². The molecule has 1 saturated carbocycles. The molecule has 1 aromatic heterocycles. The molecule has 4 nitrogen and oxygen atoms in total. The van der Waals surface area contributed by atoms with E-state index in [9.17, 15) is 9.18 Å². The molecule has 5 heteroatoms. The van der Waals surface area contributed by atoms with Crippen LogP contribution in [0.15, 0.2) is 42.6 Å². The number of rotatable bonds is 4. The van der Waals surface area contributed by atoms with Crippen molar-refractivity contribution in [3.8, 4) is 0 Å². The maximum Gasteiger partial charge on any atom is 0.259 e. The average molecular weight is 313 g/mol. The molecule has 2 N–H and O–H groups in total.